The molecule has 2 aromatic heterocycles. The van der Waals surface area contributed by atoms with Crippen LogP contribution >= 0.6 is 12.2 Å². The summed E-state index contributed by atoms with van der Waals surface area (Å²) in [5.41, 5.74) is 1.97. The van der Waals surface area contributed by atoms with Crippen LogP contribution in [0.5, 0.6) is 0 Å². The summed E-state index contributed by atoms with van der Waals surface area (Å²) >= 11 is 5.64. The first-order valence-corrected chi connectivity index (χ1v) is 10.3. The zero-order chi connectivity index (χ0) is 21.3. The molecule has 1 aliphatic heterocycles. The van der Waals surface area contributed by atoms with E-state index < -0.39 is 5.97 Å². The van der Waals surface area contributed by atoms with E-state index in [0.29, 0.717) is 16.8 Å². The Morgan fingerprint density at radius 1 is 1.20 bits per heavy atom. The van der Waals surface area contributed by atoms with E-state index >= 15 is 0 Å². The van der Waals surface area contributed by atoms with Crippen molar-refractivity contribution >= 4 is 23.3 Å². The third-order valence-corrected chi connectivity index (χ3v) is 5.45. The first-order valence-electron chi connectivity index (χ1n) is 9.85. The summed E-state index contributed by atoms with van der Waals surface area (Å²) in [7, 11) is 0. The third kappa shape index (κ3) is 3.93. The number of carboxylic acid groups (broad SMARTS) is 1. The molecule has 4 rings (SSSR count). The average Bonchev–Trinajstić information content (AvgIpc) is 3.33. The molecule has 1 aromatic carbocycles. The van der Waals surface area contributed by atoms with E-state index in [1.165, 1.54) is 0 Å². The van der Waals surface area contributed by atoms with Crippen LogP contribution in [-0.4, -0.2) is 32.6 Å². The Morgan fingerprint density at radius 3 is 2.60 bits per heavy atom. The highest BCUT2D eigenvalue weighted by Gasteiger charge is 2.41. The summed E-state index contributed by atoms with van der Waals surface area (Å²) in [6, 6.07) is 16.1. The molecule has 30 heavy (non-hydrogen) atoms. The van der Waals surface area contributed by atoms with Gasteiger partial charge in [-0.05, 0) is 54.5 Å². The lowest BCUT2D eigenvalue weighted by Gasteiger charge is -2.27. The number of aromatic carboxylic acids is 1. The van der Waals surface area contributed by atoms with Crippen LogP contribution in [0, 0.1) is 5.92 Å². The fourth-order valence-corrected chi connectivity index (χ4v) is 4.06. The molecular formula is C23H23N3O3S. The van der Waals surface area contributed by atoms with Gasteiger partial charge >= 0.3 is 5.97 Å². The summed E-state index contributed by atoms with van der Waals surface area (Å²) in [6.45, 7) is 5.11. The molecule has 3 aromatic rings. The van der Waals surface area contributed by atoms with Crippen LogP contribution in [0.3, 0.4) is 0 Å². The van der Waals surface area contributed by atoms with Gasteiger partial charge < -0.3 is 19.7 Å². The Morgan fingerprint density at radius 2 is 1.97 bits per heavy atom. The Kier molecular flexibility index (Phi) is 5.55. The fraction of sp³-hybridized carbons (Fsp3) is 0.261. The molecule has 7 heteroatoms. The number of hydrogen-bond acceptors (Lipinski definition) is 4. The first-order chi connectivity index (χ1) is 14.4. The standard InChI is InChI=1S/C23H23N3O3S/c1-14(2)13-26-21(20(25-23(26)30)17-5-3-4-12-24-17)19-11-10-18(29-19)15-6-8-16(9-7-15)22(27)28/h3-12,14,20-21H,13H2,1-2H3,(H,25,30)(H,27,28)/t20-,21-/m1/s1. The molecule has 154 valence electrons. The van der Waals surface area contributed by atoms with E-state index in [2.05, 4.69) is 29.0 Å². The van der Waals surface area contributed by atoms with Gasteiger partial charge in [0.2, 0.25) is 0 Å². The largest absolute Gasteiger partial charge is 0.478 e. The molecule has 0 amide bonds. The minimum atomic E-state index is -0.949. The molecule has 2 atom stereocenters. The van der Waals surface area contributed by atoms with Crippen LogP contribution in [0.2, 0.25) is 0 Å². The van der Waals surface area contributed by atoms with Crippen LogP contribution in [-0.2, 0) is 0 Å². The zero-order valence-electron chi connectivity index (χ0n) is 16.8. The van der Waals surface area contributed by atoms with E-state index in [0.717, 1.165) is 23.6 Å². The number of pyridine rings is 1. The van der Waals surface area contributed by atoms with Crippen LogP contribution in [0.4, 0.5) is 0 Å². The molecule has 2 N–H and O–H groups in total. The van der Waals surface area contributed by atoms with Crippen molar-refractivity contribution in [2.45, 2.75) is 25.9 Å². The third-order valence-electron chi connectivity index (χ3n) is 5.09. The van der Waals surface area contributed by atoms with Crippen LogP contribution < -0.4 is 5.32 Å². The molecule has 1 fully saturated rings. The van der Waals surface area contributed by atoms with Crippen molar-refractivity contribution in [1.82, 2.24) is 15.2 Å². The molecule has 3 heterocycles. The van der Waals surface area contributed by atoms with Gasteiger partial charge in [-0.2, -0.15) is 0 Å². The van der Waals surface area contributed by atoms with Gasteiger partial charge in [0.05, 0.1) is 17.3 Å². The average molecular weight is 422 g/mol. The summed E-state index contributed by atoms with van der Waals surface area (Å²) < 4.78 is 6.25. The minimum Gasteiger partial charge on any atom is -0.478 e. The molecule has 0 radical (unpaired) electrons. The second kappa shape index (κ2) is 8.28. The van der Waals surface area contributed by atoms with Crippen LogP contribution in [0.25, 0.3) is 11.3 Å². The van der Waals surface area contributed by atoms with Gasteiger partial charge in [-0.25, -0.2) is 4.79 Å². The monoisotopic (exact) mass is 421 g/mol. The molecule has 1 aliphatic rings. The maximum absolute atomic E-state index is 11.1. The summed E-state index contributed by atoms with van der Waals surface area (Å²) in [5, 5.41) is 13.2. The highest BCUT2D eigenvalue weighted by molar-refractivity contribution is 7.80. The quantitative estimate of drug-likeness (QED) is 0.560. The van der Waals surface area contributed by atoms with E-state index in [4.69, 9.17) is 21.7 Å². The lowest BCUT2D eigenvalue weighted by molar-refractivity contribution is 0.0697. The number of nitrogens with one attached hydrogen (secondary N) is 1. The highest BCUT2D eigenvalue weighted by Crippen LogP contribution is 2.40. The van der Waals surface area contributed by atoms with Crippen molar-refractivity contribution in [2.24, 2.45) is 5.92 Å². The molecule has 6 nitrogen and oxygen atoms in total. The second-order valence-corrected chi connectivity index (χ2v) is 8.14. The summed E-state index contributed by atoms with van der Waals surface area (Å²) in [5.74, 6) is 0.947. The Labute approximate surface area is 180 Å². The lowest BCUT2D eigenvalue weighted by atomic mass is 10.0. The summed E-state index contributed by atoms with van der Waals surface area (Å²) in [4.78, 5) is 17.8. The topological polar surface area (TPSA) is 78.6 Å². The van der Waals surface area contributed by atoms with Crippen molar-refractivity contribution in [2.75, 3.05) is 6.54 Å². The molecule has 0 saturated carbocycles. The van der Waals surface area contributed by atoms with Gasteiger partial charge in [0.1, 0.15) is 17.6 Å². The van der Waals surface area contributed by atoms with Gasteiger partial charge in [-0.1, -0.05) is 32.0 Å². The number of hydrogen-bond donors (Lipinski definition) is 2. The van der Waals surface area contributed by atoms with Crippen LogP contribution in [0.1, 0.15) is 47.7 Å². The number of rotatable bonds is 6. The summed E-state index contributed by atoms with van der Waals surface area (Å²) in [6.07, 6.45) is 1.78. The number of carboxylic acids is 1. The number of furan rings is 1. The van der Waals surface area contributed by atoms with E-state index in [1.54, 1.807) is 30.5 Å². The second-order valence-electron chi connectivity index (χ2n) is 7.76. The van der Waals surface area contributed by atoms with Crippen molar-refractivity contribution in [1.29, 1.82) is 0 Å². The predicted molar refractivity (Wildman–Crippen MR) is 118 cm³/mol. The van der Waals surface area contributed by atoms with Gasteiger partial charge in [-0.3, -0.25) is 4.98 Å². The number of carbonyl (C=O) groups is 1. The normalized spacial score (nSPS) is 18.6. The van der Waals surface area contributed by atoms with Crippen LogP contribution in [0.15, 0.2) is 65.2 Å². The molecule has 0 unspecified atom stereocenters. The maximum Gasteiger partial charge on any atom is 0.335 e. The van der Waals surface area contributed by atoms with E-state index in [1.807, 2.05) is 30.3 Å². The minimum absolute atomic E-state index is 0.120. The first kappa shape index (κ1) is 20.1. The maximum atomic E-state index is 11.1. The van der Waals surface area contributed by atoms with Gasteiger partial charge in [0, 0.05) is 18.3 Å². The van der Waals surface area contributed by atoms with Crippen molar-refractivity contribution in [3.63, 3.8) is 0 Å². The number of nitrogens with zero attached hydrogens (tertiary/aromatic N) is 2. The van der Waals surface area contributed by atoms with Gasteiger partial charge in [0.15, 0.2) is 5.11 Å². The van der Waals surface area contributed by atoms with Crippen molar-refractivity contribution in [3.05, 3.63) is 77.8 Å². The SMILES string of the molecule is CC(C)CN1C(=S)N[C@H](c2ccccn2)[C@H]1c1ccc(-c2ccc(C(=O)O)cc2)o1. The van der Waals surface area contributed by atoms with E-state index in [-0.39, 0.29) is 17.6 Å². The molecule has 0 spiro atoms. The number of aromatic nitrogens is 1. The zero-order valence-corrected chi connectivity index (χ0v) is 17.6. The van der Waals surface area contributed by atoms with Crippen molar-refractivity contribution < 1.29 is 14.3 Å². The Hall–Kier alpha value is -3.19. The lowest BCUT2D eigenvalue weighted by Crippen LogP contribution is -2.32. The molecule has 1 saturated heterocycles. The molecule has 0 aliphatic carbocycles. The van der Waals surface area contributed by atoms with Gasteiger partial charge in [-0.15, -0.1) is 0 Å². The Balaban J connectivity index is 1.69. The van der Waals surface area contributed by atoms with E-state index in [9.17, 15) is 4.79 Å². The number of benzene rings is 1. The fourth-order valence-electron chi connectivity index (χ4n) is 3.75. The smallest absolute Gasteiger partial charge is 0.335 e. The molecular weight excluding hydrogens is 398 g/mol. The molecule has 0 bridgehead atoms. The number of thiocarbonyl (C=S) groups is 1. The Bertz CT molecular complexity index is 1050. The van der Waals surface area contributed by atoms with Gasteiger partial charge in [0.25, 0.3) is 0 Å². The highest BCUT2D eigenvalue weighted by atomic mass is 32.1. The van der Waals surface area contributed by atoms with Crippen molar-refractivity contribution in [3.8, 4) is 11.3 Å². The predicted octanol–water partition coefficient (Wildman–Crippen LogP) is 4.67.